The summed E-state index contributed by atoms with van der Waals surface area (Å²) in [4.78, 5) is 4.20. The molecule has 2 aromatic heterocycles. The number of hydrogen-bond donors (Lipinski definition) is 1. The molecule has 0 spiro atoms. The molecule has 0 aliphatic carbocycles. The van der Waals surface area contributed by atoms with Crippen molar-refractivity contribution in [3.05, 3.63) is 54.2 Å². The third-order valence-corrected chi connectivity index (χ3v) is 3.49. The predicted molar refractivity (Wildman–Crippen MR) is 74.9 cm³/mol. The van der Waals surface area contributed by atoms with E-state index in [9.17, 15) is 0 Å². The molecule has 1 N–H and O–H groups in total. The second kappa shape index (κ2) is 4.90. The van der Waals surface area contributed by atoms with Crippen LogP contribution in [-0.2, 0) is 19.7 Å². The Balaban J connectivity index is 1.97. The van der Waals surface area contributed by atoms with E-state index < -0.39 is 0 Å². The summed E-state index contributed by atoms with van der Waals surface area (Å²) in [6.45, 7) is 3.95. The topological polar surface area (TPSA) is 43.0 Å². The number of nitrogens with zero attached hydrogens (tertiary/aromatic N) is 3. The van der Waals surface area contributed by atoms with Crippen LogP contribution in [0.1, 0.15) is 18.2 Å². The summed E-state index contributed by atoms with van der Waals surface area (Å²) in [6, 6.07) is 8.15. The van der Waals surface area contributed by atoms with Gasteiger partial charge in [0.2, 0.25) is 0 Å². The maximum atomic E-state index is 9.16. The van der Waals surface area contributed by atoms with Gasteiger partial charge in [-0.2, -0.15) is 0 Å². The first-order valence-corrected chi connectivity index (χ1v) is 6.49. The van der Waals surface area contributed by atoms with Gasteiger partial charge in [-0.3, -0.25) is 0 Å². The fraction of sp³-hybridized carbons (Fsp3) is 0.267. The van der Waals surface area contributed by atoms with Gasteiger partial charge in [0.1, 0.15) is 0 Å². The van der Waals surface area contributed by atoms with Crippen molar-refractivity contribution in [3.8, 4) is 0 Å². The summed E-state index contributed by atoms with van der Waals surface area (Å²) < 4.78 is 4.35. The summed E-state index contributed by atoms with van der Waals surface area (Å²) in [5.74, 6) is 0. The molecule has 0 saturated carbocycles. The molecule has 3 rings (SSSR count). The van der Waals surface area contributed by atoms with Crippen molar-refractivity contribution >= 4 is 10.9 Å². The number of aromatic nitrogens is 3. The second-order valence-corrected chi connectivity index (χ2v) is 4.67. The fourth-order valence-corrected chi connectivity index (χ4v) is 2.42. The zero-order chi connectivity index (χ0) is 13.2. The molecule has 0 saturated heterocycles. The van der Waals surface area contributed by atoms with Gasteiger partial charge in [0.15, 0.2) is 0 Å². The summed E-state index contributed by atoms with van der Waals surface area (Å²) in [5, 5.41) is 10.3. The third kappa shape index (κ3) is 2.15. The Bertz CT molecular complexity index is 696. The van der Waals surface area contributed by atoms with E-state index in [1.54, 1.807) is 0 Å². The summed E-state index contributed by atoms with van der Waals surface area (Å²) in [6.07, 6.45) is 5.86. The Kier molecular flexibility index (Phi) is 3.09. The van der Waals surface area contributed by atoms with Crippen molar-refractivity contribution in [1.29, 1.82) is 0 Å². The van der Waals surface area contributed by atoms with Crippen LogP contribution in [-0.4, -0.2) is 19.2 Å². The highest BCUT2D eigenvalue weighted by molar-refractivity contribution is 5.80. The van der Waals surface area contributed by atoms with Crippen molar-refractivity contribution in [3.63, 3.8) is 0 Å². The Morgan fingerprint density at radius 3 is 2.89 bits per heavy atom. The van der Waals surface area contributed by atoms with E-state index in [0.29, 0.717) is 0 Å². The van der Waals surface area contributed by atoms with Gasteiger partial charge in [-0.05, 0) is 36.1 Å². The van der Waals surface area contributed by atoms with Crippen LogP contribution in [0.15, 0.2) is 43.0 Å². The predicted octanol–water partition coefficient (Wildman–Crippen LogP) is 2.40. The highest BCUT2D eigenvalue weighted by atomic mass is 16.3. The van der Waals surface area contributed by atoms with Crippen molar-refractivity contribution in [2.75, 3.05) is 0 Å². The zero-order valence-corrected chi connectivity index (χ0v) is 11.0. The smallest absolute Gasteiger partial charge is 0.0948 e. The molecule has 19 heavy (non-hydrogen) atoms. The van der Waals surface area contributed by atoms with E-state index in [4.69, 9.17) is 5.11 Å². The first-order chi connectivity index (χ1) is 9.31. The number of aryl methyl sites for hydroxylation is 1. The quantitative estimate of drug-likeness (QED) is 0.778. The highest BCUT2D eigenvalue weighted by Crippen LogP contribution is 2.19. The van der Waals surface area contributed by atoms with Gasteiger partial charge in [0.25, 0.3) is 0 Å². The van der Waals surface area contributed by atoms with Crippen LogP contribution in [0.2, 0.25) is 0 Å². The third-order valence-electron chi connectivity index (χ3n) is 3.49. The van der Waals surface area contributed by atoms with Gasteiger partial charge in [-0.25, -0.2) is 4.98 Å². The number of hydrogen-bond acceptors (Lipinski definition) is 2. The number of aliphatic hydroxyl groups is 1. The van der Waals surface area contributed by atoms with Crippen molar-refractivity contribution in [2.24, 2.45) is 0 Å². The number of imidazole rings is 1. The largest absolute Gasteiger partial charge is 0.392 e. The normalized spacial score (nSPS) is 11.3. The van der Waals surface area contributed by atoms with E-state index in [-0.39, 0.29) is 6.61 Å². The monoisotopic (exact) mass is 255 g/mol. The lowest BCUT2D eigenvalue weighted by Crippen LogP contribution is -2.05. The second-order valence-electron chi connectivity index (χ2n) is 4.67. The Morgan fingerprint density at radius 1 is 1.21 bits per heavy atom. The van der Waals surface area contributed by atoms with E-state index >= 15 is 0 Å². The van der Waals surface area contributed by atoms with Gasteiger partial charge in [0.05, 0.1) is 25.2 Å². The Hall–Kier alpha value is -2.07. The number of fused-ring (bicyclic) bond motifs is 1. The lowest BCUT2D eigenvalue weighted by atomic mass is 10.2. The van der Waals surface area contributed by atoms with Crippen LogP contribution in [0.25, 0.3) is 10.9 Å². The van der Waals surface area contributed by atoms with E-state index in [0.717, 1.165) is 24.0 Å². The number of aliphatic hydroxyl groups excluding tert-OH is 1. The minimum atomic E-state index is 0.0870. The van der Waals surface area contributed by atoms with Crippen LogP contribution < -0.4 is 0 Å². The molecule has 3 aromatic rings. The van der Waals surface area contributed by atoms with Crippen LogP contribution in [0.3, 0.4) is 0 Å². The maximum Gasteiger partial charge on any atom is 0.0948 e. The van der Waals surface area contributed by atoms with Crippen LogP contribution in [0.5, 0.6) is 0 Å². The molecule has 4 heteroatoms. The summed E-state index contributed by atoms with van der Waals surface area (Å²) in [7, 11) is 0. The molecule has 0 aliphatic heterocycles. The van der Waals surface area contributed by atoms with Crippen LogP contribution in [0, 0.1) is 0 Å². The lowest BCUT2D eigenvalue weighted by Gasteiger charge is -2.08. The molecule has 0 amide bonds. The number of rotatable bonds is 4. The van der Waals surface area contributed by atoms with Crippen LogP contribution >= 0.6 is 0 Å². The minimum absolute atomic E-state index is 0.0870. The molecule has 0 fully saturated rings. The molecule has 4 nitrogen and oxygen atoms in total. The van der Waals surface area contributed by atoms with Crippen molar-refractivity contribution in [2.45, 2.75) is 26.6 Å². The first-order valence-electron chi connectivity index (χ1n) is 6.49. The van der Waals surface area contributed by atoms with Crippen LogP contribution in [0.4, 0.5) is 0 Å². The standard InChI is InChI=1S/C15H17N3O/c1-2-17-11-16-8-14(17)9-18-6-5-13-7-12(10-19)3-4-15(13)18/h3-8,11,19H,2,9-10H2,1H3. The highest BCUT2D eigenvalue weighted by Gasteiger charge is 2.05. The van der Waals surface area contributed by atoms with Gasteiger partial charge >= 0.3 is 0 Å². The maximum absolute atomic E-state index is 9.16. The van der Waals surface area contributed by atoms with E-state index in [2.05, 4.69) is 39.4 Å². The Labute approximate surface area is 111 Å². The molecule has 0 bridgehead atoms. The fourth-order valence-electron chi connectivity index (χ4n) is 2.42. The lowest BCUT2D eigenvalue weighted by molar-refractivity contribution is 0.282. The molecule has 0 radical (unpaired) electrons. The molecule has 98 valence electrons. The summed E-state index contributed by atoms with van der Waals surface area (Å²) >= 11 is 0. The minimum Gasteiger partial charge on any atom is -0.392 e. The first kappa shape index (κ1) is 12.0. The van der Waals surface area contributed by atoms with Gasteiger partial charge in [-0.15, -0.1) is 0 Å². The number of benzene rings is 1. The molecular weight excluding hydrogens is 238 g/mol. The Morgan fingerprint density at radius 2 is 2.11 bits per heavy atom. The summed E-state index contributed by atoms with van der Waals surface area (Å²) in [5.41, 5.74) is 3.33. The average molecular weight is 255 g/mol. The molecular formula is C15H17N3O. The molecule has 2 heterocycles. The van der Waals surface area contributed by atoms with E-state index in [1.165, 1.54) is 11.2 Å². The van der Waals surface area contributed by atoms with Crippen molar-refractivity contribution < 1.29 is 5.11 Å². The SMILES string of the molecule is CCn1cncc1Cn1ccc2cc(CO)ccc21. The average Bonchev–Trinajstić information content (AvgIpc) is 3.05. The van der Waals surface area contributed by atoms with Gasteiger partial charge < -0.3 is 14.2 Å². The molecule has 0 atom stereocenters. The van der Waals surface area contributed by atoms with E-state index in [1.807, 2.05) is 24.7 Å². The van der Waals surface area contributed by atoms with Gasteiger partial charge in [0, 0.05) is 24.5 Å². The van der Waals surface area contributed by atoms with Gasteiger partial charge in [-0.1, -0.05) is 6.07 Å². The molecule has 0 unspecified atom stereocenters. The van der Waals surface area contributed by atoms with Crippen molar-refractivity contribution in [1.82, 2.24) is 14.1 Å². The zero-order valence-electron chi connectivity index (χ0n) is 11.0. The molecule has 1 aromatic carbocycles. The molecule has 0 aliphatic rings.